The molecular formula is C66H112N12O13. The number of unbranched alkanes of at least 4 members (excludes halogenated alkanes) is 13. The Morgan fingerprint density at radius 1 is 0.484 bits per heavy atom. The molecule has 5 amide bonds. The van der Waals surface area contributed by atoms with Crippen LogP contribution >= 0.6 is 0 Å². The smallest absolute Gasteiger partial charge is 0.303 e. The maximum Gasteiger partial charge on any atom is 0.303 e. The molecule has 2 unspecified atom stereocenters. The van der Waals surface area contributed by atoms with Crippen LogP contribution in [0.25, 0.3) is 0 Å². The Morgan fingerprint density at radius 3 is 1.47 bits per heavy atom. The summed E-state index contributed by atoms with van der Waals surface area (Å²) < 4.78 is 0. The van der Waals surface area contributed by atoms with Crippen molar-refractivity contribution in [2.75, 3.05) is 26.2 Å². The maximum atomic E-state index is 14.7. The topological polar surface area (TPSA) is 443 Å². The van der Waals surface area contributed by atoms with Crippen LogP contribution in [0.15, 0.2) is 40.3 Å². The summed E-state index contributed by atoms with van der Waals surface area (Å²) in [6, 6.07) is 4.07. The highest BCUT2D eigenvalue weighted by Gasteiger charge is 2.36. The molecule has 1 aromatic carbocycles. The molecule has 8 atom stereocenters. The van der Waals surface area contributed by atoms with E-state index >= 15 is 0 Å². The number of nitrogens with two attached hydrogens (primary N) is 5. The van der Waals surface area contributed by atoms with Gasteiger partial charge < -0.3 is 65.5 Å². The van der Waals surface area contributed by atoms with Crippen LogP contribution in [0.1, 0.15) is 226 Å². The normalized spacial score (nSPS) is 13.7. The van der Waals surface area contributed by atoms with E-state index in [2.05, 4.69) is 43.5 Å². The predicted octanol–water partition coefficient (Wildman–Crippen LogP) is 5.48. The van der Waals surface area contributed by atoms with Gasteiger partial charge in [0.1, 0.15) is 6.04 Å². The van der Waals surface area contributed by atoms with Crippen molar-refractivity contribution in [2.24, 2.45) is 62.3 Å². The molecule has 0 aliphatic carbocycles. The van der Waals surface area contributed by atoms with E-state index in [9.17, 15) is 63.0 Å². The number of ketones is 4. The van der Waals surface area contributed by atoms with Gasteiger partial charge in [-0.25, -0.2) is 0 Å². The number of aliphatic carboxylic acids is 2. The molecular weight excluding hydrogens is 1170 g/mol. The maximum absolute atomic E-state index is 14.7. The van der Waals surface area contributed by atoms with Gasteiger partial charge in [-0.2, -0.15) is 0 Å². The Hall–Kier alpha value is -7.31. The van der Waals surface area contributed by atoms with Gasteiger partial charge in [-0.15, -0.1) is 0 Å². The second-order valence-corrected chi connectivity index (χ2v) is 24.1. The summed E-state index contributed by atoms with van der Waals surface area (Å²) in [5.74, 6) is -12.4. The first-order valence-electron chi connectivity index (χ1n) is 33.3. The highest BCUT2D eigenvalue weighted by molar-refractivity contribution is 5.98. The fraction of sp³-hybridized carbons (Fsp3) is 0.712. The van der Waals surface area contributed by atoms with E-state index in [1.54, 1.807) is 20.8 Å². The van der Waals surface area contributed by atoms with E-state index in [0.717, 1.165) is 31.2 Å². The van der Waals surface area contributed by atoms with E-state index in [-0.39, 0.29) is 108 Å². The zero-order valence-corrected chi connectivity index (χ0v) is 54.9. The second kappa shape index (κ2) is 49.4. The van der Waals surface area contributed by atoms with E-state index in [4.69, 9.17) is 28.7 Å². The first kappa shape index (κ1) is 81.7. The fourth-order valence-electron chi connectivity index (χ4n) is 10.6. The average Bonchev–Trinajstić information content (AvgIpc) is 2.08. The zero-order chi connectivity index (χ0) is 67.9. The molecule has 0 bridgehead atoms. The van der Waals surface area contributed by atoms with Crippen LogP contribution in [0.2, 0.25) is 0 Å². The SMILES string of the molecule is CCCCCCCCCCCCCCCC(=O)N[C@@H](Cc1ccccc1)C(=O)NC(CCCN=C(N)N)C(=O)C[C@@H](CCCCN)C(=O)NC(CCC(=O)O)C(=O)C[C@@H](CCCN=C(N)N)C(=O)N[C@H](C(=O)C[C@@H](CCC(=O)O)C(=O)NCC(=O)CC)[C@@H](C)CC. The molecule has 0 saturated heterocycles. The minimum Gasteiger partial charge on any atom is -0.481 e. The Labute approximate surface area is 539 Å². The summed E-state index contributed by atoms with van der Waals surface area (Å²) in [7, 11) is 0. The standard InChI is InChI=1S/C66H112N12O13/c1-5-8-9-10-11-12-13-14-15-16-17-18-22-32-57(83)75-53(40-46-27-20-19-21-28-46)64(91)77-51(31-26-39-73-66(70)71)54(80)41-47(29-23-24-37-67)62(89)76-52(34-36-59(86)87)55(81)42-48(30-25-38-72-65(68)69)63(90)78-60(45(4)6-2)56(82)43-49(33-35-58(84)85)61(88)74-44-50(79)7-3/h19-21,27-28,45,47-49,51-53,60H,5-18,22-26,29-44,67H2,1-4H3,(H,74,88)(H,75,83)(H,76,89)(H,77,91)(H,78,90)(H,84,85)(H,86,87)(H4,68,69,72)(H4,70,71,73)/t45-,47+,48+,49+,51?,52?,53-,60-/m0/s1. The number of nitrogens with zero attached hydrogens (tertiary/aromatic N) is 2. The van der Waals surface area contributed by atoms with Crippen molar-refractivity contribution in [2.45, 2.75) is 251 Å². The van der Waals surface area contributed by atoms with Crippen LogP contribution in [-0.4, -0.2) is 137 Å². The molecule has 17 N–H and O–H groups in total. The van der Waals surface area contributed by atoms with Crippen molar-refractivity contribution in [3.8, 4) is 0 Å². The van der Waals surface area contributed by atoms with E-state index in [0.29, 0.717) is 25.7 Å². The third-order valence-electron chi connectivity index (χ3n) is 16.3. The summed E-state index contributed by atoms with van der Waals surface area (Å²) in [5.41, 5.74) is 29.0. The average molecular weight is 1280 g/mol. The first-order chi connectivity index (χ1) is 43.5. The van der Waals surface area contributed by atoms with E-state index < -0.39 is 139 Å². The van der Waals surface area contributed by atoms with Crippen molar-refractivity contribution in [3.63, 3.8) is 0 Å². The van der Waals surface area contributed by atoms with Crippen LogP contribution in [0.3, 0.4) is 0 Å². The van der Waals surface area contributed by atoms with Crippen molar-refractivity contribution in [3.05, 3.63) is 35.9 Å². The van der Waals surface area contributed by atoms with Gasteiger partial charge in [0.25, 0.3) is 0 Å². The molecule has 25 nitrogen and oxygen atoms in total. The molecule has 25 heteroatoms. The molecule has 0 aromatic heterocycles. The lowest BCUT2D eigenvalue weighted by Gasteiger charge is -2.28. The van der Waals surface area contributed by atoms with Crippen LogP contribution in [-0.2, 0) is 59.2 Å². The minimum absolute atomic E-state index is 0.0289. The largest absolute Gasteiger partial charge is 0.481 e. The second-order valence-electron chi connectivity index (χ2n) is 24.1. The molecule has 0 heterocycles. The number of carboxylic acid groups (broad SMARTS) is 2. The molecule has 0 fully saturated rings. The van der Waals surface area contributed by atoms with Gasteiger partial charge in [-0.05, 0) is 75.8 Å². The molecule has 1 aromatic rings. The van der Waals surface area contributed by atoms with Crippen LogP contribution in [0, 0.1) is 23.7 Å². The monoisotopic (exact) mass is 1280 g/mol. The predicted molar refractivity (Wildman–Crippen MR) is 352 cm³/mol. The number of rotatable bonds is 56. The van der Waals surface area contributed by atoms with E-state index in [1.165, 1.54) is 51.4 Å². The van der Waals surface area contributed by atoms with E-state index in [1.807, 2.05) is 30.3 Å². The molecule has 0 radical (unpaired) electrons. The molecule has 91 heavy (non-hydrogen) atoms. The third-order valence-corrected chi connectivity index (χ3v) is 16.3. The van der Waals surface area contributed by atoms with Gasteiger partial charge in [0.05, 0.1) is 24.7 Å². The van der Waals surface area contributed by atoms with Crippen LogP contribution in [0.4, 0.5) is 0 Å². The fourth-order valence-corrected chi connectivity index (χ4v) is 10.6. The first-order valence-corrected chi connectivity index (χ1v) is 33.3. The number of nitrogens with one attached hydrogen (secondary N) is 5. The van der Waals surface area contributed by atoms with Gasteiger partial charge in [0, 0.05) is 82.2 Å². The lowest BCUT2D eigenvalue weighted by atomic mass is 9.86. The number of hydrogen-bond acceptors (Lipinski definition) is 14. The minimum atomic E-state index is -1.50. The number of carbonyl (C=O) groups is 11. The number of guanidine groups is 2. The quantitative estimate of drug-likeness (QED) is 0.0218. The van der Waals surface area contributed by atoms with Crippen molar-refractivity contribution in [1.82, 2.24) is 26.6 Å². The van der Waals surface area contributed by atoms with Gasteiger partial charge in [0.2, 0.25) is 29.5 Å². The Morgan fingerprint density at radius 2 is 0.956 bits per heavy atom. The molecule has 514 valence electrons. The van der Waals surface area contributed by atoms with Gasteiger partial charge in [0.15, 0.2) is 35.1 Å². The Kier molecular flexibility index (Phi) is 44.4. The Bertz CT molecular complexity index is 2440. The van der Waals surface area contributed by atoms with Gasteiger partial charge in [-0.1, -0.05) is 148 Å². The number of amides is 5. The van der Waals surface area contributed by atoms with Gasteiger partial charge >= 0.3 is 11.9 Å². The molecule has 0 aliphatic rings. The lowest BCUT2D eigenvalue weighted by molar-refractivity contribution is -0.140. The summed E-state index contributed by atoms with van der Waals surface area (Å²) >= 11 is 0. The number of carboxylic acids is 2. The molecule has 0 aliphatic heterocycles. The van der Waals surface area contributed by atoms with Crippen LogP contribution in [0.5, 0.6) is 0 Å². The molecule has 0 saturated carbocycles. The number of carbonyl (C=O) groups excluding carboxylic acids is 9. The number of hydrogen-bond donors (Lipinski definition) is 12. The summed E-state index contributed by atoms with van der Waals surface area (Å²) in [5, 5.41) is 33.0. The van der Waals surface area contributed by atoms with Crippen molar-refractivity contribution >= 4 is 76.5 Å². The lowest BCUT2D eigenvalue weighted by Crippen LogP contribution is -2.53. The van der Waals surface area contributed by atoms with Crippen molar-refractivity contribution < 1.29 is 63.0 Å². The summed E-state index contributed by atoms with van der Waals surface area (Å²) in [6.45, 7) is 7.33. The highest BCUT2D eigenvalue weighted by Crippen LogP contribution is 2.23. The highest BCUT2D eigenvalue weighted by atomic mass is 16.4. The zero-order valence-electron chi connectivity index (χ0n) is 54.9. The summed E-state index contributed by atoms with van der Waals surface area (Å²) in [4.78, 5) is 157. The Balaban J connectivity index is 3.56. The number of aliphatic imine (C=N–C) groups is 2. The number of Topliss-reactive ketones (excluding diaryl/α,β-unsaturated/α-hetero) is 4. The number of benzene rings is 1. The third kappa shape index (κ3) is 38.9. The summed E-state index contributed by atoms with van der Waals surface area (Å²) in [6.07, 6.45) is 13.7. The molecule has 1 rings (SSSR count). The molecule has 0 spiro atoms. The van der Waals surface area contributed by atoms with Crippen LogP contribution < -0.4 is 55.3 Å². The van der Waals surface area contributed by atoms with Gasteiger partial charge in [-0.3, -0.25) is 62.7 Å². The van der Waals surface area contributed by atoms with Crippen molar-refractivity contribution in [1.29, 1.82) is 0 Å².